The number of likely N-dealkylation sites (N-methyl/N-ethyl adjacent to an activating group) is 1. The highest BCUT2D eigenvalue weighted by molar-refractivity contribution is 9.10. The number of halogens is 1. The van der Waals surface area contributed by atoms with Crippen LogP contribution in [0.4, 0.5) is 5.69 Å². The number of hydrogen-bond acceptors (Lipinski definition) is 4. The first-order valence-electron chi connectivity index (χ1n) is 8.38. The Kier molecular flexibility index (Phi) is 7.02. The highest BCUT2D eigenvalue weighted by atomic mass is 79.9. The second kappa shape index (κ2) is 8.86. The van der Waals surface area contributed by atoms with Gasteiger partial charge in [0, 0.05) is 17.2 Å². The Morgan fingerprint density at radius 3 is 2.41 bits per heavy atom. The number of methoxy groups -OCH3 is 1. The highest BCUT2D eigenvalue weighted by Crippen LogP contribution is 2.26. The molecule has 0 heterocycles. The molecule has 8 heteroatoms. The van der Waals surface area contributed by atoms with Gasteiger partial charge in [-0.3, -0.25) is 4.79 Å². The van der Waals surface area contributed by atoms with Crippen LogP contribution < -0.4 is 10.1 Å². The molecule has 2 aromatic carbocycles. The number of anilines is 1. The van der Waals surface area contributed by atoms with E-state index >= 15 is 0 Å². The normalized spacial score (nSPS) is 11.5. The van der Waals surface area contributed by atoms with Gasteiger partial charge in [0.1, 0.15) is 5.75 Å². The van der Waals surface area contributed by atoms with Crippen LogP contribution in [-0.2, 0) is 21.2 Å². The van der Waals surface area contributed by atoms with Crippen molar-refractivity contribution >= 4 is 37.5 Å². The fraction of sp³-hybridized carbons (Fsp3) is 0.316. The Hall–Kier alpha value is -1.90. The molecule has 1 N–H and O–H groups in total. The van der Waals surface area contributed by atoms with Crippen molar-refractivity contribution in [3.63, 3.8) is 0 Å². The van der Waals surface area contributed by atoms with Crippen molar-refractivity contribution in [2.75, 3.05) is 26.0 Å². The number of sulfonamides is 1. The number of aryl methyl sites for hydroxylation is 2. The van der Waals surface area contributed by atoms with Crippen LogP contribution >= 0.6 is 15.9 Å². The minimum atomic E-state index is -3.77. The lowest BCUT2D eigenvalue weighted by Crippen LogP contribution is -2.35. The van der Waals surface area contributed by atoms with E-state index in [-0.39, 0.29) is 11.4 Å². The van der Waals surface area contributed by atoms with Gasteiger partial charge in [0.2, 0.25) is 15.9 Å². The van der Waals surface area contributed by atoms with Gasteiger partial charge < -0.3 is 10.1 Å². The summed E-state index contributed by atoms with van der Waals surface area (Å²) in [4.78, 5) is 12.6. The molecule has 0 atom stereocenters. The lowest BCUT2D eigenvalue weighted by atomic mass is 10.1. The van der Waals surface area contributed by atoms with Gasteiger partial charge in [-0.05, 0) is 60.9 Å². The summed E-state index contributed by atoms with van der Waals surface area (Å²) in [6.45, 7) is 3.61. The summed E-state index contributed by atoms with van der Waals surface area (Å²) in [6, 6.07) is 9.90. The van der Waals surface area contributed by atoms with Gasteiger partial charge in [-0.1, -0.05) is 22.9 Å². The summed E-state index contributed by atoms with van der Waals surface area (Å²) in [5.74, 6) is 0.168. The Balaban J connectivity index is 2.15. The van der Waals surface area contributed by atoms with E-state index in [0.717, 1.165) is 32.0 Å². The van der Waals surface area contributed by atoms with Crippen LogP contribution in [0.15, 0.2) is 45.8 Å². The van der Waals surface area contributed by atoms with Crippen molar-refractivity contribution in [2.24, 2.45) is 0 Å². The number of benzene rings is 2. The molecular formula is C19H23BrN2O4S. The summed E-state index contributed by atoms with van der Waals surface area (Å²) in [6.07, 6.45) is 0.746. The molecule has 0 aliphatic heterocycles. The number of hydrogen-bond donors (Lipinski definition) is 1. The smallest absolute Gasteiger partial charge is 0.243 e. The molecule has 0 saturated carbocycles. The first-order chi connectivity index (χ1) is 12.7. The molecule has 0 saturated heterocycles. The summed E-state index contributed by atoms with van der Waals surface area (Å²) >= 11 is 3.45. The predicted octanol–water partition coefficient (Wildman–Crippen LogP) is 3.59. The van der Waals surface area contributed by atoms with Crippen molar-refractivity contribution in [1.82, 2.24) is 4.31 Å². The Morgan fingerprint density at radius 2 is 1.85 bits per heavy atom. The van der Waals surface area contributed by atoms with E-state index in [2.05, 4.69) is 21.2 Å². The fourth-order valence-electron chi connectivity index (χ4n) is 2.66. The van der Waals surface area contributed by atoms with Crippen LogP contribution in [0.3, 0.4) is 0 Å². The molecule has 0 aliphatic rings. The van der Waals surface area contributed by atoms with Gasteiger partial charge in [-0.25, -0.2) is 8.42 Å². The van der Waals surface area contributed by atoms with Crippen LogP contribution in [0.1, 0.15) is 18.1 Å². The molecule has 0 unspecified atom stereocenters. The summed E-state index contributed by atoms with van der Waals surface area (Å²) in [7, 11) is -0.883. The first-order valence-corrected chi connectivity index (χ1v) is 10.6. The zero-order chi connectivity index (χ0) is 20.2. The predicted molar refractivity (Wildman–Crippen MR) is 110 cm³/mol. The molecule has 1 amide bonds. The van der Waals surface area contributed by atoms with Crippen LogP contribution in [0.5, 0.6) is 5.75 Å². The van der Waals surface area contributed by atoms with Crippen molar-refractivity contribution in [3.8, 4) is 5.75 Å². The maximum absolute atomic E-state index is 12.7. The van der Waals surface area contributed by atoms with E-state index in [1.54, 1.807) is 12.1 Å². The largest absolute Gasteiger partial charge is 0.497 e. The van der Waals surface area contributed by atoms with Crippen LogP contribution in [0.25, 0.3) is 0 Å². The molecule has 0 aliphatic carbocycles. The first kappa shape index (κ1) is 21.4. The Bertz CT molecular complexity index is 927. The van der Waals surface area contributed by atoms with E-state index in [1.807, 2.05) is 26.0 Å². The molecule has 27 heavy (non-hydrogen) atoms. The zero-order valence-corrected chi connectivity index (χ0v) is 18.1. The summed E-state index contributed by atoms with van der Waals surface area (Å²) in [5, 5.41) is 2.84. The van der Waals surface area contributed by atoms with Crippen molar-refractivity contribution in [3.05, 3.63) is 52.0 Å². The Morgan fingerprint density at radius 1 is 1.22 bits per heavy atom. The van der Waals surface area contributed by atoms with E-state index in [0.29, 0.717) is 5.75 Å². The molecular weight excluding hydrogens is 432 g/mol. The molecule has 0 bridgehead atoms. The van der Waals surface area contributed by atoms with Crippen molar-refractivity contribution < 1.29 is 17.9 Å². The molecule has 0 fully saturated rings. The number of ether oxygens (including phenoxy) is 1. The molecule has 2 rings (SSSR count). The summed E-state index contributed by atoms with van der Waals surface area (Å²) < 4.78 is 32.3. The van der Waals surface area contributed by atoms with Crippen LogP contribution in [0.2, 0.25) is 0 Å². The lowest BCUT2D eigenvalue weighted by Gasteiger charge is -2.19. The quantitative estimate of drug-likeness (QED) is 0.693. The molecule has 0 spiro atoms. The number of nitrogens with one attached hydrogen (secondary N) is 1. The minimum absolute atomic E-state index is 0.104. The van der Waals surface area contributed by atoms with E-state index in [9.17, 15) is 13.2 Å². The summed E-state index contributed by atoms with van der Waals surface area (Å²) in [5.41, 5.74) is 2.62. The number of carbonyl (C=O) groups is 1. The molecule has 146 valence electrons. The van der Waals surface area contributed by atoms with Gasteiger partial charge in [0.25, 0.3) is 0 Å². The third-order valence-electron chi connectivity index (χ3n) is 4.16. The number of carbonyl (C=O) groups excluding carboxylic acids is 1. The van der Waals surface area contributed by atoms with Gasteiger partial charge >= 0.3 is 0 Å². The lowest BCUT2D eigenvalue weighted by molar-refractivity contribution is -0.116. The van der Waals surface area contributed by atoms with Crippen molar-refractivity contribution in [2.45, 2.75) is 25.2 Å². The third-order valence-corrected chi connectivity index (χ3v) is 6.44. The maximum Gasteiger partial charge on any atom is 0.243 e. The molecule has 2 aromatic rings. The van der Waals surface area contributed by atoms with Gasteiger partial charge in [0.15, 0.2) is 0 Å². The highest BCUT2D eigenvalue weighted by Gasteiger charge is 2.23. The fourth-order valence-corrected chi connectivity index (χ4v) is 4.41. The van der Waals surface area contributed by atoms with Gasteiger partial charge in [-0.2, -0.15) is 4.31 Å². The van der Waals surface area contributed by atoms with Crippen molar-refractivity contribution in [1.29, 1.82) is 0 Å². The van der Waals surface area contributed by atoms with E-state index in [4.69, 9.17) is 4.74 Å². The number of rotatable bonds is 7. The molecule has 0 aromatic heterocycles. The second-order valence-electron chi connectivity index (χ2n) is 6.10. The molecule has 0 radical (unpaired) electrons. The molecule has 6 nitrogen and oxygen atoms in total. The maximum atomic E-state index is 12.7. The van der Waals surface area contributed by atoms with E-state index in [1.165, 1.54) is 26.3 Å². The monoisotopic (exact) mass is 454 g/mol. The third kappa shape index (κ3) is 5.09. The standard InChI is InChI=1S/C19H23BrN2O4S/c1-5-14-11-15(20)10-13(2)19(14)21-18(23)12-22(3)27(24,25)17-8-6-16(26-4)7-9-17/h6-11H,5,12H2,1-4H3,(H,21,23). The average Bonchev–Trinajstić information content (AvgIpc) is 2.63. The number of amides is 1. The minimum Gasteiger partial charge on any atom is -0.497 e. The van der Waals surface area contributed by atoms with Gasteiger partial charge in [0.05, 0.1) is 18.6 Å². The SMILES string of the molecule is CCc1cc(Br)cc(C)c1NC(=O)CN(C)S(=O)(=O)c1ccc(OC)cc1. The number of nitrogens with zero attached hydrogens (tertiary/aromatic N) is 1. The van der Waals surface area contributed by atoms with Crippen LogP contribution in [0, 0.1) is 6.92 Å². The van der Waals surface area contributed by atoms with Gasteiger partial charge in [-0.15, -0.1) is 0 Å². The van der Waals surface area contributed by atoms with Crippen LogP contribution in [-0.4, -0.2) is 39.3 Å². The van der Waals surface area contributed by atoms with E-state index < -0.39 is 15.9 Å². The topological polar surface area (TPSA) is 75.7 Å². The second-order valence-corrected chi connectivity index (χ2v) is 9.06. The Labute approximate surface area is 168 Å². The average molecular weight is 455 g/mol. The zero-order valence-electron chi connectivity index (χ0n) is 15.7.